The fourth-order valence-corrected chi connectivity index (χ4v) is 3.18. The summed E-state index contributed by atoms with van der Waals surface area (Å²) >= 11 is 0. The number of nitrogens with zero attached hydrogens (tertiary/aromatic N) is 3. The lowest BCUT2D eigenvalue weighted by atomic mass is 10.1. The number of unbranched alkanes of at least 4 members (excludes halogenated alkanes) is 2. The van der Waals surface area contributed by atoms with Crippen LogP contribution in [0, 0.1) is 10.1 Å². The summed E-state index contributed by atoms with van der Waals surface area (Å²) in [6.45, 7) is 7.74. The summed E-state index contributed by atoms with van der Waals surface area (Å²) in [6.07, 6.45) is 3.12. The molecule has 0 spiro atoms. The van der Waals surface area contributed by atoms with Crippen molar-refractivity contribution in [2.24, 2.45) is 0 Å². The quantitative estimate of drug-likeness (QED) is 0.202. The molecule has 1 heterocycles. The van der Waals surface area contributed by atoms with Crippen LogP contribution < -0.4 is 4.74 Å². The Hall–Kier alpha value is -2.68. The van der Waals surface area contributed by atoms with Crippen molar-refractivity contribution in [3.8, 4) is 5.75 Å². The minimum atomic E-state index is -0.854. The van der Waals surface area contributed by atoms with Crippen molar-refractivity contribution in [3.05, 3.63) is 39.4 Å². The second kappa shape index (κ2) is 11.4. The highest BCUT2D eigenvalue weighted by Gasteiger charge is 2.35. The molecule has 0 saturated carbocycles. The van der Waals surface area contributed by atoms with Crippen LogP contribution in [0.1, 0.15) is 60.2 Å². The SMILES string of the molecule is CCCCN(CC)CCOc1ccc2c(c1)C(=O)N(CCCCO[N+](=O)[O-])C2=O. The number of rotatable bonds is 14. The Morgan fingerprint density at radius 3 is 2.48 bits per heavy atom. The highest BCUT2D eigenvalue weighted by atomic mass is 16.9. The van der Waals surface area contributed by atoms with E-state index in [2.05, 4.69) is 23.6 Å². The molecule has 1 aliphatic rings. The molecule has 0 radical (unpaired) electrons. The van der Waals surface area contributed by atoms with Crippen LogP contribution in [0.3, 0.4) is 0 Å². The number of hydrogen-bond donors (Lipinski definition) is 0. The lowest BCUT2D eigenvalue weighted by Crippen LogP contribution is -2.30. The second-order valence-corrected chi connectivity index (χ2v) is 6.87. The summed E-state index contributed by atoms with van der Waals surface area (Å²) in [5.74, 6) is -0.134. The van der Waals surface area contributed by atoms with Crippen molar-refractivity contribution < 1.29 is 24.3 Å². The number of benzene rings is 1. The number of carbonyl (C=O) groups is 2. The number of carbonyl (C=O) groups excluding carboxylic acids is 2. The average Bonchev–Trinajstić information content (AvgIpc) is 2.94. The van der Waals surface area contributed by atoms with E-state index in [-0.39, 0.29) is 25.0 Å². The van der Waals surface area contributed by atoms with Gasteiger partial charge in [-0.15, -0.1) is 10.1 Å². The normalized spacial score (nSPS) is 13.1. The van der Waals surface area contributed by atoms with Gasteiger partial charge in [-0.3, -0.25) is 14.5 Å². The first-order valence-corrected chi connectivity index (χ1v) is 10.1. The molecule has 0 bridgehead atoms. The summed E-state index contributed by atoms with van der Waals surface area (Å²) in [5.41, 5.74) is 0.703. The van der Waals surface area contributed by atoms with Gasteiger partial charge in [-0.05, 0) is 50.6 Å². The molecule has 29 heavy (non-hydrogen) atoms. The molecule has 0 saturated heterocycles. The Morgan fingerprint density at radius 1 is 1.03 bits per heavy atom. The first kappa shape index (κ1) is 22.6. The van der Waals surface area contributed by atoms with Gasteiger partial charge < -0.3 is 14.5 Å². The lowest BCUT2D eigenvalue weighted by Gasteiger charge is -2.20. The number of fused-ring (bicyclic) bond motifs is 1. The molecule has 2 amide bonds. The molecule has 0 aliphatic carbocycles. The number of amides is 2. The average molecular weight is 407 g/mol. The van der Waals surface area contributed by atoms with Crippen molar-refractivity contribution in [1.29, 1.82) is 0 Å². The molecule has 160 valence electrons. The third-order valence-corrected chi connectivity index (χ3v) is 4.87. The predicted octanol–water partition coefficient (Wildman–Crippen LogP) is 2.77. The zero-order valence-corrected chi connectivity index (χ0v) is 17.1. The summed E-state index contributed by atoms with van der Waals surface area (Å²) < 4.78 is 5.79. The van der Waals surface area contributed by atoms with Crippen LogP contribution in [0.2, 0.25) is 0 Å². The Balaban J connectivity index is 1.87. The van der Waals surface area contributed by atoms with Gasteiger partial charge in [0.2, 0.25) is 0 Å². The van der Waals surface area contributed by atoms with Gasteiger partial charge in [0, 0.05) is 13.1 Å². The van der Waals surface area contributed by atoms with Crippen LogP contribution in [-0.4, -0.2) is 66.1 Å². The topological polar surface area (TPSA) is 102 Å². The summed E-state index contributed by atoms with van der Waals surface area (Å²) in [7, 11) is 0. The predicted molar refractivity (Wildman–Crippen MR) is 107 cm³/mol. The van der Waals surface area contributed by atoms with Crippen LogP contribution in [-0.2, 0) is 4.84 Å². The van der Waals surface area contributed by atoms with Gasteiger partial charge in [-0.1, -0.05) is 20.3 Å². The van der Waals surface area contributed by atoms with Crippen molar-refractivity contribution in [2.45, 2.75) is 39.5 Å². The van der Waals surface area contributed by atoms with Crippen molar-refractivity contribution in [3.63, 3.8) is 0 Å². The monoisotopic (exact) mass is 407 g/mol. The molecule has 2 rings (SSSR count). The number of hydrogen-bond acceptors (Lipinski definition) is 7. The summed E-state index contributed by atoms with van der Waals surface area (Å²) in [6, 6.07) is 4.95. The Kier molecular flexibility index (Phi) is 8.85. The Bertz CT molecular complexity index is 724. The van der Waals surface area contributed by atoms with E-state index in [0.717, 1.165) is 32.5 Å². The lowest BCUT2D eigenvalue weighted by molar-refractivity contribution is -0.757. The van der Waals surface area contributed by atoms with E-state index < -0.39 is 5.09 Å². The maximum atomic E-state index is 12.6. The highest BCUT2D eigenvalue weighted by Crippen LogP contribution is 2.27. The minimum absolute atomic E-state index is 0.0544. The fourth-order valence-electron chi connectivity index (χ4n) is 3.18. The fraction of sp³-hybridized carbons (Fsp3) is 0.600. The molecular weight excluding hydrogens is 378 g/mol. The number of likely N-dealkylation sites (N-methyl/N-ethyl adjacent to an activating group) is 1. The molecule has 1 aromatic carbocycles. The van der Waals surface area contributed by atoms with Gasteiger partial charge in [0.15, 0.2) is 0 Å². The molecule has 1 aromatic rings. The van der Waals surface area contributed by atoms with Crippen molar-refractivity contribution >= 4 is 11.8 Å². The van der Waals surface area contributed by atoms with Crippen molar-refractivity contribution in [2.75, 3.05) is 39.4 Å². The third kappa shape index (κ3) is 6.42. The maximum Gasteiger partial charge on any atom is 0.294 e. The van der Waals surface area contributed by atoms with Gasteiger partial charge in [-0.2, -0.15) is 0 Å². The van der Waals surface area contributed by atoms with Gasteiger partial charge in [0.1, 0.15) is 12.4 Å². The third-order valence-electron chi connectivity index (χ3n) is 4.87. The van der Waals surface area contributed by atoms with Crippen LogP contribution in [0.25, 0.3) is 0 Å². The molecule has 0 fully saturated rings. The maximum absolute atomic E-state index is 12.6. The van der Waals surface area contributed by atoms with Crippen LogP contribution in [0.5, 0.6) is 5.75 Å². The smallest absolute Gasteiger partial charge is 0.294 e. The summed E-state index contributed by atoms with van der Waals surface area (Å²) in [5, 5.41) is 9.28. The Morgan fingerprint density at radius 2 is 1.79 bits per heavy atom. The molecule has 0 aromatic heterocycles. The van der Waals surface area contributed by atoms with Crippen LogP contribution in [0.4, 0.5) is 0 Å². The van der Waals surface area contributed by atoms with Gasteiger partial charge in [0.05, 0.1) is 17.7 Å². The van der Waals surface area contributed by atoms with E-state index in [1.807, 2.05) is 0 Å². The van der Waals surface area contributed by atoms with E-state index >= 15 is 0 Å². The van der Waals surface area contributed by atoms with E-state index in [0.29, 0.717) is 36.3 Å². The molecule has 1 aliphatic heterocycles. The number of imide groups is 1. The minimum Gasteiger partial charge on any atom is -0.492 e. The van der Waals surface area contributed by atoms with E-state index in [9.17, 15) is 19.7 Å². The zero-order valence-electron chi connectivity index (χ0n) is 17.1. The van der Waals surface area contributed by atoms with Crippen LogP contribution in [0.15, 0.2) is 18.2 Å². The molecular formula is C20H29N3O6. The number of ether oxygens (including phenoxy) is 1. The van der Waals surface area contributed by atoms with E-state index in [4.69, 9.17) is 4.74 Å². The zero-order chi connectivity index (χ0) is 21.2. The van der Waals surface area contributed by atoms with Crippen molar-refractivity contribution in [1.82, 2.24) is 9.80 Å². The molecule has 9 nitrogen and oxygen atoms in total. The Labute approximate surface area is 170 Å². The molecule has 0 atom stereocenters. The molecule has 9 heteroatoms. The van der Waals surface area contributed by atoms with Gasteiger partial charge in [-0.25, -0.2) is 0 Å². The van der Waals surface area contributed by atoms with Crippen LogP contribution >= 0.6 is 0 Å². The van der Waals surface area contributed by atoms with Gasteiger partial charge >= 0.3 is 0 Å². The summed E-state index contributed by atoms with van der Waals surface area (Å²) in [4.78, 5) is 42.9. The van der Waals surface area contributed by atoms with E-state index in [1.165, 1.54) is 4.90 Å². The standard InChI is InChI=1S/C20H29N3O6/c1-3-5-10-21(4-2)12-14-28-16-8-9-17-18(15-16)20(25)22(19(17)24)11-6-7-13-29-23(26)27/h8-9,15H,3-7,10-14H2,1-2H3. The molecule has 0 unspecified atom stereocenters. The molecule has 0 N–H and O–H groups in total. The largest absolute Gasteiger partial charge is 0.492 e. The first-order chi connectivity index (χ1) is 14.0. The van der Waals surface area contributed by atoms with Gasteiger partial charge in [0.25, 0.3) is 16.9 Å². The highest BCUT2D eigenvalue weighted by molar-refractivity contribution is 6.21. The van der Waals surface area contributed by atoms with E-state index in [1.54, 1.807) is 18.2 Å². The second-order valence-electron chi connectivity index (χ2n) is 6.87. The first-order valence-electron chi connectivity index (χ1n) is 10.1.